The van der Waals surface area contributed by atoms with Crippen LogP contribution in [0.2, 0.25) is 0 Å². The predicted octanol–water partition coefficient (Wildman–Crippen LogP) is 3.16. The van der Waals surface area contributed by atoms with Crippen LogP contribution >= 0.6 is 0 Å². The van der Waals surface area contributed by atoms with Crippen molar-refractivity contribution in [2.24, 2.45) is 0 Å². The number of ether oxygens (including phenoxy) is 1. The van der Waals surface area contributed by atoms with E-state index in [-0.39, 0.29) is 6.07 Å². The van der Waals surface area contributed by atoms with E-state index in [0.29, 0.717) is 0 Å². The maximum absolute atomic E-state index is 12.0. The van der Waals surface area contributed by atoms with Crippen LogP contribution in [-0.2, 0) is 4.74 Å². The van der Waals surface area contributed by atoms with Gasteiger partial charge in [0, 0.05) is 6.07 Å². The Hall–Kier alpha value is -2.08. The van der Waals surface area contributed by atoms with Crippen molar-refractivity contribution < 1.29 is 48.5 Å². The van der Waals surface area contributed by atoms with Crippen molar-refractivity contribution in [2.75, 3.05) is 28.3 Å². The average molecular weight is 372 g/mol. The summed E-state index contributed by atoms with van der Waals surface area (Å²) < 4.78 is 106. The van der Waals surface area contributed by atoms with Crippen molar-refractivity contribution >= 4 is 13.3 Å². The van der Waals surface area contributed by atoms with Crippen LogP contribution < -0.4 is 5.32 Å². The number of rotatable bonds is 0. The molecular formula is C11H14BF9N2O. The van der Waals surface area contributed by atoms with E-state index in [1.807, 2.05) is 25.7 Å². The summed E-state index contributed by atoms with van der Waals surface area (Å²) in [5, 5.41) is 2.87. The molecule has 3 nitrogen and oxygen atoms in total. The van der Waals surface area contributed by atoms with Gasteiger partial charge in [0.2, 0.25) is 5.82 Å². The van der Waals surface area contributed by atoms with E-state index < -0.39 is 36.3 Å². The zero-order valence-electron chi connectivity index (χ0n) is 12.9. The number of nitrogens with zero attached hydrogens (tertiary/aromatic N) is 1. The molecule has 13 heteroatoms. The minimum atomic E-state index is -6.00. The van der Waals surface area contributed by atoms with Gasteiger partial charge in [0.1, 0.15) is 0 Å². The van der Waals surface area contributed by atoms with Crippen LogP contribution in [-0.4, -0.2) is 46.1 Å². The number of hydrogen-bond donors (Lipinski definition) is 1. The van der Waals surface area contributed by atoms with Gasteiger partial charge in [-0.05, 0) is 0 Å². The molecule has 1 aromatic carbocycles. The predicted molar refractivity (Wildman–Crippen MR) is 69.6 cm³/mol. The molecule has 1 rings (SSSR count). The number of nitrogens with one attached hydrogen (secondary N) is 1. The molecule has 0 aromatic heterocycles. The third-order valence-electron chi connectivity index (χ3n) is 1.87. The summed E-state index contributed by atoms with van der Waals surface area (Å²) in [6, 6.07) is 0.707. The van der Waals surface area contributed by atoms with Crippen LogP contribution in [0.15, 0.2) is 6.07 Å². The molecule has 140 valence electrons. The van der Waals surface area contributed by atoms with Crippen LogP contribution in [0.5, 0.6) is 0 Å². The molecule has 0 saturated carbocycles. The minimum Gasteiger partial charge on any atom is -0.435 e. The normalized spacial score (nSPS) is 9.88. The molecule has 1 aromatic rings. The zero-order valence-corrected chi connectivity index (χ0v) is 12.9. The molecule has 0 aliphatic heterocycles. The van der Waals surface area contributed by atoms with Gasteiger partial charge in [-0.3, -0.25) is 0 Å². The Kier molecular flexibility index (Phi) is 10.7. The van der Waals surface area contributed by atoms with Crippen LogP contribution in [0, 0.1) is 29.1 Å². The topological polar surface area (TPSA) is 24.3 Å². The molecule has 0 aliphatic rings. The summed E-state index contributed by atoms with van der Waals surface area (Å²) in [7, 11) is 1.27. The molecule has 0 amide bonds. The third kappa shape index (κ3) is 10.6. The third-order valence-corrected chi connectivity index (χ3v) is 1.87. The van der Waals surface area contributed by atoms with E-state index in [9.17, 15) is 39.2 Å². The number of halogens is 9. The van der Waals surface area contributed by atoms with Crippen molar-refractivity contribution in [2.45, 2.75) is 0 Å². The highest BCUT2D eigenvalue weighted by Crippen LogP contribution is 2.16. The highest BCUT2D eigenvalue weighted by atomic mass is 19.5. The van der Waals surface area contributed by atoms with Gasteiger partial charge in [-0.1, -0.05) is 0 Å². The van der Waals surface area contributed by atoms with E-state index in [1.165, 1.54) is 0 Å². The van der Waals surface area contributed by atoms with Crippen LogP contribution in [0.1, 0.15) is 0 Å². The Morgan fingerprint density at radius 2 is 1.25 bits per heavy atom. The smallest absolute Gasteiger partial charge is 0.435 e. The Morgan fingerprint density at radius 1 is 0.917 bits per heavy atom. The first kappa shape index (κ1) is 24.2. The van der Waals surface area contributed by atoms with Gasteiger partial charge in [0.25, 0.3) is 0 Å². The van der Waals surface area contributed by atoms with Crippen LogP contribution in [0.25, 0.3) is 0 Å². The summed E-state index contributed by atoms with van der Waals surface area (Å²) in [6.45, 7) is 0. The van der Waals surface area contributed by atoms with Gasteiger partial charge >= 0.3 is 13.3 Å². The molecule has 0 fully saturated rings. The van der Waals surface area contributed by atoms with Gasteiger partial charge in [-0.15, -0.1) is 0 Å². The van der Waals surface area contributed by atoms with E-state index in [0.717, 1.165) is 6.02 Å². The van der Waals surface area contributed by atoms with Crippen molar-refractivity contribution in [3.8, 4) is 0 Å². The first-order valence-corrected chi connectivity index (χ1v) is 5.88. The molecule has 0 unspecified atom stereocenters. The molecule has 0 bridgehead atoms. The second-order valence-corrected chi connectivity index (χ2v) is 3.93. The second kappa shape index (κ2) is 10.7. The Morgan fingerprint density at radius 3 is 1.42 bits per heavy atom. The Bertz CT molecular complexity index is 521. The SMILES string of the molecule is CNC(OC)=[N+](C)C.F[B-](F)(F)F.Fc1cc(F)c(F)c(F)c1F. The first-order chi connectivity index (χ1) is 10.8. The summed E-state index contributed by atoms with van der Waals surface area (Å²) >= 11 is 0. The molecule has 0 heterocycles. The lowest BCUT2D eigenvalue weighted by molar-refractivity contribution is -0.476. The summed E-state index contributed by atoms with van der Waals surface area (Å²) in [4.78, 5) is 0. The van der Waals surface area contributed by atoms with Gasteiger partial charge in [-0.2, -0.15) is 0 Å². The fourth-order valence-electron chi connectivity index (χ4n) is 1.05. The second-order valence-electron chi connectivity index (χ2n) is 3.93. The number of hydrogen-bond acceptors (Lipinski definition) is 1. The zero-order chi connectivity index (χ0) is 19.7. The lowest BCUT2D eigenvalue weighted by Gasteiger charge is -1.97. The largest absolute Gasteiger partial charge is 0.673 e. The summed E-state index contributed by atoms with van der Waals surface area (Å²) in [6.07, 6.45) is 0. The molecule has 24 heavy (non-hydrogen) atoms. The van der Waals surface area contributed by atoms with E-state index >= 15 is 0 Å². The van der Waals surface area contributed by atoms with Crippen molar-refractivity contribution in [3.05, 3.63) is 35.2 Å². The molecular weight excluding hydrogens is 358 g/mol. The Labute approximate surface area is 131 Å². The standard InChI is InChI=1S/C6HF5.C5H12N2O.BF4/c7-2-1-3(8)5(10)6(11)4(2)9;1-6-5(8-4)7(2)3;2-1(3,4)5/h1H;1-4H3;/q;;-1/p+1. The van der Waals surface area contributed by atoms with Crippen molar-refractivity contribution in [3.63, 3.8) is 0 Å². The lowest BCUT2D eigenvalue weighted by atomic mass is 10.3. The van der Waals surface area contributed by atoms with E-state index in [1.54, 1.807) is 7.11 Å². The molecule has 1 N–H and O–H groups in total. The highest BCUT2D eigenvalue weighted by Gasteiger charge is 2.20. The average Bonchev–Trinajstić information content (AvgIpc) is 2.43. The molecule has 0 atom stereocenters. The number of methoxy groups -OCH3 is 1. The quantitative estimate of drug-likeness (QED) is 0.144. The van der Waals surface area contributed by atoms with Crippen molar-refractivity contribution in [1.29, 1.82) is 0 Å². The van der Waals surface area contributed by atoms with E-state index in [4.69, 9.17) is 4.74 Å². The van der Waals surface area contributed by atoms with Gasteiger partial charge < -0.3 is 22.0 Å². The summed E-state index contributed by atoms with van der Waals surface area (Å²) in [5.41, 5.74) is 0. The van der Waals surface area contributed by atoms with Crippen molar-refractivity contribution in [1.82, 2.24) is 5.32 Å². The highest BCUT2D eigenvalue weighted by molar-refractivity contribution is 6.50. The monoisotopic (exact) mass is 372 g/mol. The molecule has 0 saturated heterocycles. The van der Waals surface area contributed by atoms with Gasteiger partial charge in [0.15, 0.2) is 23.3 Å². The number of benzene rings is 1. The molecule has 0 radical (unpaired) electrons. The molecule has 0 aliphatic carbocycles. The number of amidine groups is 1. The minimum absolute atomic E-state index is 0.0618. The first-order valence-electron chi connectivity index (χ1n) is 5.88. The summed E-state index contributed by atoms with van der Waals surface area (Å²) in [5.74, 6) is -9.65. The van der Waals surface area contributed by atoms with Crippen LogP contribution in [0.4, 0.5) is 39.2 Å². The fraction of sp³-hybridized carbons (Fsp3) is 0.364. The maximum Gasteiger partial charge on any atom is 0.673 e. The molecule has 0 spiro atoms. The van der Waals surface area contributed by atoms with Gasteiger partial charge in [0.05, 0.1) is 28.3 Å². The maximum atomic E-state index is 12.0. The fourth-order valence-corrected chi connectivity index (χ4v) is 1.05. The van der Waals surface area contributed by atoms with E-state index in [2.05, 4.69) is 5.32 Å². The van der Waals surface area contributed by atoms with Gasteiger partial charge in [-0.25, -0.2) is 31.8 Å². The Balaban J connectivity index is 0. The van der Waals surface area contributed by atoms with Crippen LogP contribution in [0.3, 0.4) is 0 Å². The lowest BCUT2D eigenvalue weighted by Crippen LogP contribution is -2.28.